The zero-order chi connectivity index (χ0) is 11.4. The van der Waals surface area contributed by atoms with Crippen molar-refractivity contribution in [1.29, 1.82) is 0 Å². The van der Waals surface area contributed by atoms with Crippen LogP contribution < -0.4 is 5.32 Å². The summed E-state index contributed by atoms with van der Waals surface area (Å²) in [6.45, 7) is 5.78. The van der Waals surface area contributed by atoms with E-state index in [2.05, 4.69) is 43.4 Å². The molecule has 2 rings (SSSR count). The summed E-state index contributed by atoms with van der Waals surface area (Å²) < 4.78 is 0. The van der Waals surface area contributed by atoms with Gasteiger partial charge >= 0.3 is 0 Å². The van der Waals surface area contributed by atoms with Gasteiger partial charge in [0.05, 0.1) is 0 Å². The summed E-state index contributed by atoms with van der Waals surface area (Å²) in [6.07, 6.45) is 5.05. The Kier molecular flexibility index (Phi) is 4.00. The molecule has 1 nitrogen and oxygen atoms in total. The summed E-state index contributed by atoms with van der Waals surface area (Å²) in [5.74, 6) is 0.862. The van der Waals surface area contributed by atoms with Crippen molar-refractivity contribution in [3.63, 3.8) is 0 Å². The normalized spacial score (nSPS) is 25.6. The van der Waals surface area contributed by atoms with Gasteiger partial charge in [0.25, 0.3) is 0 Å². The quantitative estimate of drug-likeness (QED) is 0.814. The van der Waals surface area contributed by atoms with Gasteiger partial charge in [0.15, 0.2) is 0 Å². The molecule has 0 radical (unpaired) electrons. The third-order valence-electron chi connectivity index (χ3n) is 3.56. The molecule has 0 spiro atoms. The minimum Gasteiger partial charge on any atom is -0.310 e. The van der Waals surface area contributed by atoms with Crippen LogP contribution in [0.3, 0.4) is 0 Å². The van der Waals surface area contributed by atoms with Gasteiger partial charge in [-0.3, -0.25) is 0 Å². The molecule has 2 unspecified atom stereocenters. The monoisotopic (exact) mass is 217 g/mol. The summed E-state index contributed by atoms with van der Waals surface area (Å²) in [4.78, 5) is 0. The molecule has 1 aromatic rings. The Morgan fingerprint density at radius 1 is 1.38 bits per heavy atom. The zero-order valence-corrected chi connectivity index (χ0v) is 10.5. The highest BCUT2D eigenvalue weighted by molar-refractivity contribution is 5.26. The molecule has 1 aliphatic heterocycles. The maximum absolute atomic E-state index is 3.64. The summed E-state index contributed by atoms with van der Waals surface area (Å²) in [5, 5.41) is 3.64. The van der Waals surface area contributed by atoms with Crippen molar-refractivity contribution in [3.8, 4) is 0 Å². The topological polar surface area (TPSA) is 12.0 Å². The van der Waals surface area contributed by atoms with E-state index < -0.39 is 0 Å². The summed E-state index contributed by atoms with van der Waals surface area (Å²) in [5.41, 5.74) is 2.97. The molecular weight excluding hydrogens is 194 g/mol. The van der Waals surface area contributed by atoms with Crippen LogP contribution in [0.25, 0.3) is 0 Å². The first-order valence-corrected chi connectivity index (χ1v) is 6.62. The standard InChI is InChI=1S/C15H23N/c1-3-5-13-6-4-7-14(11-13)15-10-12(2)8-9-16-15/h4,6-7,11-12,15-16H,3,5,8-10H2,1-2H3. The fourth-order valence-electron chi connectivity index (χ4n) is 2.62. The number of aryl methyl sites for hydroxylation is 1. The van der Waals surface area contributed by atoms with Crippen LogP contribution in [0.4, 0.5) is 0 Å². The number of benzene rings is 1. The van der Waals surface area contributed by atoms with Crippen molar-refractivity contribution < 1.29 is 0 Å². The van der Waals surface area contributed by atoms with E-state index >= 15 is 0 Å². The lowest BCUT2D eigenvalue weighted by Gasteiger charge is -2.28. The molecule has 0 bridgehead atoms. The van der Waals surface area contributed by atoms with E-state index in [0.29, 0.717) is 6.04 Å². The van der Waals surface area contributed by atoms with Gasteiger partial charge in [-0.1, -0.05) is 44.5 Å². The second-order valence-corrected chi connectivity index (χ2v) is 5.13. The fraction of sp³-hybridized carbons (Fsp3) is 0.600. The summed E-state index contributed by atoms with van der Waals surface area (Å²) in [7, 11) is 0. The van der Waals surface area contributed by atoms with Crippen LogP contribution in [-0.4, -0.2) is 6.54 Å². The first kappa shape index (κ1) is 11.7. The lowest BCUT2D eigenvalue weighted by Crippen LogP contribution is -2.30. The Balaban J connectivity index is 2.09. The van der Waals surface area contributed by atoms with Crippen LogP contribution in [0.15, 0.2) is 24.3 Å². The maximum atomic E-state index is 3.64. The third-order valence-corrected chi connectivity index (χ3v) is 3.56. The van der Waals surface area contributed by atoms with Crippen molar-refractivity contribution >= 4 is 0 Å². The molecule has 1 heterocycles. The molecule has 1 fully saturated rings. The molecule has 1 heteroatoms. The molecule has 16 heavy (non-hydrogen) atoms. The molecule has 0 aromatic heterocycles. The lowest BCUT2D eigenvalue weighted by atomic mass is 9.89. The van der Waals surface area contributed by atoms with Gasteiger partial charge in [-0.05, 0) is 42.9 Å². The second kappa shape index (κ2) is 5.49. The Morgan fingerprint density at radius 2 is 2.25 bits per heavy atom. The Hall–Kier alpha value is -0.820. The van der Waals surface area contributed by atoms with Gasteiger partial charge < -0.3 is 5.32 Å². The Morgan fingerprint density at radius 3 is 3.00 bits per heavy atom. The maximum Gasteiger partial charge on any atom is 0.0322 e. The fourth-order valence-corrected chi connectivity index (χ4v) is 2.62. The highest BCUT2D eigenvalue weighted by Gasteiger charge is 2.19. The molecule has 1 aromatic carbocycles. The minimum atomic E-state index is 0.584. The first-order valence-electron chi connectivity index (χ1n) is 6.62. The number of hydrogen-bond donors (Lipinski definition) is 1. The van der Waals surface area contributed by atoms with Crippen LogP contribution in [0.2, 0.25) is 0 Å². The van der Waals surface area contributed by atoms with E-state index in [1.807, 2.05) is 0 Å². The molecule has 0 amide bonds. The van der Waals surface area contributed by atoms with E-state index in [9.17, 15) is 0 Å². The number of piperidine rings is 1. The highest BCUT2D eigenvalue weighted by Crippen LogP contribution is 2.27. The minimum absolute atomic E-state index is 0.584. The van der Waals surface area contributed by atoms with Gasteiger partial charge in [-0.2, -0.15) is 0 Å². The predicted octanol–water partition coefficient (Wildman–Crippen LogP) is 3.70. The van der Waals surface area contributed by atoms with E-state index in [1.54, 1.807) is 0 Å². The zero-order valence-electron chi connectivity index (χ0n) is 10.5. The number of rotatable bonds is 3. The van der Waals surface area contributed by atoms with Crippen LogP contribution in [0.5, 0.6) is 0 Å². The van der Waals surface area contributed by atoms with E-state index in [4.69, 9.17) is 0 Å². The van der Waals surface area contributed by atoms with E-state index in [-0.39, 0.29) is 0 Å². The van der Waals surface area contributed by atoms with Crippen molar-refractivity contribution in [3.05, 3.63) is 35.4 Å². The van der Waals surface area contributed by atoms with E-state index in [0.717, 1.165) is 5.92 Å². The molecule has 2 atom stereocenters. The van der Waals surface area contributed by atoms with Crippen molar-refractivity contribution in [2.75, 3.05) is 6.54 Å². The second-order valence-electron chi connectivity index (χ2n) is 5.13. The average molecular weight is 217 g/mol. The Bertz CT molecular complexity index is 332. The number of nitrogens with one attached hydrogen (secondary N) is 1. The van der Waals surface area contributed by atoms with Gasteiger partial charge in [-0.25, -0.2) is 0 Å². The molecule has 1 aliphatic rings. The highest BCUT2D eigenvalue weighted by atomic mass is 14.9. The van der Waals surface area contributed by atoms with Gasteiger partial charge in [-0.15, -0.1) is 0 Å². The molecular formula is C15H23N. The van der Waals surface area contributed by atoms with Gasteiger partial charge in [0.2, 0.25) is 0 Å². The van der Waals surface area contributed by atoms with Gasteiger partial charge in [0, 0.05) is 6.04 Å². The van der Waals surface area contributed by atoms with Crippen molar-refractivity contribution in [1.82, 2.24) is 5.32 Å². The van der Waals surface area contributed by atoms with Crippen LogP contribution in [0.1, 0.15) is 50.3 Å². The summed E-state index contributed by atoms with van der Waals surface area (Å²) in [6, 6.07) is 9.70. The van der Waals surface area contributed by atoms with E-state index in [1.165, 1.54) is 43.4 Å². The predicted molar refractivity (Wildman–Crippen MR) is 69.6 cm³/mol. The van der Waals surface area contributed by atoms with Crippen LogP contribution >= 0.6 is 0 Å². The van der Waals surface area contributed by atoms with Crippen LogP contribution in [-0.2, 0) is 6.42 Å². The molecule has 1 saturated heterocycles. The number of hydrogen-bond acceptors (Lipinski definition) is 1. The van der Waals surface area contributed by atoms with Crippen LogP contribution in [0, 0.1) is 5.92 Å². The molecule has 88 valence electrons. The summed E-state index contributed by atoms with van der Waals surface area (Å²) >= 11 is 0. The Labute approximate surface area is 99.3 Å². The lowest BCUT2D eigenvalue weighted by molar-refractivity contribution is 0.325. The van der Waals surface area contributed by atoms with Crippen molar-refractivity contribution in [2.24, 2.45) is 5.92 Å². The SMILES string of the molecule is CCCc1cccc(C2CC(C)CCN2)c1. The average Bonchev–Trinajstić information content (AvgIpc) is 2.30. The largest absolute Gasteiger partial charge is 0.310 e. The molecule has 1 N–H and O–H groups in total. The molecule has 0 saturated carbocycles. The van der Waals surface area contributed by atoms with Crippen molar-refractivity contribution in [2.45, 2.75) is 45.6 Å². The molecule has 0 aliphatic carbocycles. The first-order chi connectivity index (χ1) is 7.79. The third kappa shape index (κ3) is 2.85. The van der Waals surface area contributed by atoms with Gasteiger partial charge in [0.1, 0.15) is 0 Å². The smallest absolute Gasteiger partial charge is 0.0322 e.